The number of halogens is 3. The van der Waals surface area contributed by atoms with Crippen LogP contribution in [0.2, 0.25) is 5.02 Å². The van der Waals surface area contributed by atoms with Crippen LogP contribution in [0.1, 0.15) is 82.7 Å². The summed E-state index contributed by atoms with van der Waals surface area (Å²) in [6.45, 7) is 1.94. The van der Waals surface area contributed by atoms with Crippen molar-refractivity contribution < 1.29 is 32.2 Å². The average molecular weight is 623 g/mol. The molecule has 2 aromatic carbocycles. The Bertz CT molecular complexity index is 1430. The third-order valence-corrected chi connectivity index (χ3v) is 12.4. The largest absolute Gasteiger partial charge is 0.390 e. The number of hydrogen-bond acceptors (Lipinski definition) is 5. The number of hydrogen-bond donors (Lipinski definition) is 2. The number of carbonyl (C=O) groups excluding carboxylic acids is 1. The molecule has 3 heterocycles. The van der Waals surface area contributed by atoms with Gasteiger partial charge in [0.05, 0.1) is 16.5 Å². The number of sulfonamides is 1. The Balaban J connectivity index is 1.38. The molecule has 42 heavy (non-hydrogen) atoms. The number of rotatable bonds is 7. The van der Waals surface area contributed by atoms with Crippen LogP contribution in [0.15, 0.2) is 47.4 Å². The van der Waals surface area contributed by atoms with Crippen molar-refractivity contribution in [3.05, 3.63) is 64.7 Å². The molecule has 11 heteroatoms. The van der Waals surface area contributed by atoms with Crippen molar-refractivity contribution in [2.75, 3.05) is 0 Å². The summed E-state index contributed by atoms with van der Waals surface area (Å²) in [6, 6.07) is 6.80. The molecule has 228 valence electrons. The Labute approximate surface area is 250 Å². The van der Waals surface area contributed by atoms with Crippen molar-refractivity contribution in [2.45, 2.75) is 112 Å². The van der Waals surface area contributed by atoms with Crippen LogP contribution in [0.4, 0.5) is 8.78 Å². The molecule has 5 atom stereocenters. The molecule has 2 bridgehead atoms. The zero-order valence-electron chi connectivity index (χ0n) is 23.6. The van der Waals surface area contributed by atoms with Gasteiger partial charge in [-0.25, -0.2) is 17.2 Å². The summed E-state index contributed by atoms with van der Waals surface area (Å²) in [5, 5.41) is 23.1. The van der Waals surface area contributed by atoms with Gasteiger partial charge in [0.15, 0.2) is 0 Å². The first kappa shape index (κ1) is 29.9. The number of aliphatic hydroxyl groups excluding tert-OH is 1. The molecular weight excluding hydrogens is 586 g/mol. The molecule has 2 aromatic rings. The molecule has 2 N–H and O–H groups in total. The molecule has 6 rings (SSSR count). The van der Waals surface area contributed by atoms with E-state index in [1.54, 1.807) is 4.90 Å². The van der Waals surface area contributed by atoms with Gasteiger partial charge >= 0.3 is 0 Å². The van der Waals surface area contributed by atoms with Crippen LogP contribution < -0.4 is 0 Å². The smallest absolute Gasteiger partial charge is 0.252 e. The van der Waals surface area contributed by atoms with Gasteiger partial charge in [-0.2, -0.15) is 4.31 Å². The molecule has 3 saturated heterocycles. The first-order valence-corrected chi connectivity index (χ1v) is 16.7. The maximum Gasteiger partial charge on any atom is 0.252 e. The summed E-state index contributed by atoms with van der Waals surface area (Å²) < 4.78 is 58.8. The highest BCUT2D eigenvalue weighted by atomic mass is 35.5. The lowest BCUT2D eigenvalue weighted by atomic mass is 9.80. The molecule has 3 aliphatic heterocycles. The molecule has 4 aliphatic rings. The zero-order valence-corrected chi connectivity index (χ0v) is 25.1. The van der Waals surface area contributed by atoms with Gasteiger partial charge in [-0.1, -0.05) is 18.5 Å². The van der Waals surface area contributed by atoms with Crippen molar-refractivity contribution in [1.29, 1.82) is 0 Å². The predicted molar refractivity (Wildman–Crippen MR) is 153 cm³/mol. The summed E-state index contributed by atoms with van der Waals surface area (Å²) >= 11 is 6.04. The van der Waals surface area contributed by atoms with Crippen LogP contribution in [0, 0.1) is 17.0 Å². The first-order chi connectivity index (χ1) is 19.9. The quantitative estimate of drug-likeness (QED) is 0.435. The topological polar surface area (TPSA) is 98.1 Å². The summed E-state index contributed by atoms with van der Waals surface area (Å²) in [5.41, 5.74) is -1.66. The number of amides is 1. The number of benzene rings is 2. The minimum absolute atomic E-state index is 0.0229. The summed E-state index contributed by atoms with van der Waals surface area (Å²) in [5.74, 6) is -2.03. The summed E-state index contributed by atoms with van der Waals surface area (Å²) in [7, 11) is -4.25. The fourth-order valence-corrected chi connectivity index (χ4v) is 10.0. The van der Waals surface area contributed by atoms with Crippen LogP contribution in [-0.2, 0) is 14.8 Å². The normalized spacial score (nSPS) is 31.6. The van der Waals surface area contributed by atoms with Gasteiger partial charge in [-0.05, 0) is 106 Å². The van der Waals surface area contributed by atoms with Crippen LogP contribution in [-0.4, -0.2) is 63.6 Å². The van der Waals surface area contributed by atoms with Gasteiger partial charge in [0.2, 0.25) is 10.0 Å². The van der Waals surface area contributed by atoms with Crippen LogP contribution in [0.3, 0.4) is 0 Å². The minimum atomic E-state index is -4.25. The fourth-order valence-electron chi connectivity index (χ4n) is 7.95. The van der Waals surface area contributed by atoms with Crippen molar-refractivity contribution >= 4 is 27.5 Å². The molecule has 3 unspecified atom stereocenters. The van der Waals surface area contributed by atoms with E-state index in [1.807, 2.05) is 6.92 Å². The van der Waals surface area contributed by atoms with Crippen molar-refractivity contribution in [2.24, 2.45) is 5.41 Å². The maximum atomic E-state index is 14.4. The van der Waals surface area contributed by atoms with Gasteiger partial charge in [0.25, 0.3) is 5.91 Å². The highest BCUT2D eigenvalue weighted by Crippen LogP contribution is 2.59. The zero-order chi connectivity index (χ0) is 30.0. The number of carbonyl (C=O) groups is 1. The Kier molecular flexibility index (Phi) is 7.70. The van der Waals surface area contributed by atoms with E-state index >= 15 is 0 Å². The van der Waals surface area contributed by atoms with E-state index < -0.39 is 56.8 Å². The number of fused-ring (bicyclic) bond motifs is 2. The number of aliphatic hydroxyl groups is 2. The second-order valence-electron chi connectivity index (χ2n) is 12.7. The lowest BCUT2D eigenvalue weighted by Crippen LogP contribution is -2.59. The highest BCUT2D eigenvalue weighted by Gasteiger charge is 2.63. The molecule has 0 spiro atoms. The first-order valence-electron chi connectivity index (χ1n) is 14.9. The van der Waals surface area contributed by atoms with E-state index in [1.165, 1.54) is 28.6 Å². The van der Waals surface area contributed by atoms with E-state index in [2.05, 4.69) is 0 Å². The third kappa shape index (κ3) is 5.07. The van der Waals surface area contributed by atoms with Crippen LogP contribution in [0.5, 0.6) is 0 Å². The predicted octanol–water partition coefficient (Wildman–Crippen LogP) is 5.34. The monoisotopic (exact) mass is 622 g/mol. The van der Waals surface area contributed by atoms with Gasteiger partial charge in [0.1, 0.15) is 17.7 Å². The SMILES string of the molecule is CCC1(O)CC2CCC(C1)N2C(=O)C(O)C1([C@H]2CCC[C@@H](c3cc(F)cc(F)c3)N2S(=O)(=O)c2ccc(Cl)cc2)CC1. The fraction of sp³-hybridized carbons (Fsp3) is 0.581. The molecule has 7 nitrogen and oxygen atoms in total. The second kappa shape index (κ2) is 10.8. The van der Waals surface area contributed by atoms with Crippen molar-refractivity contribution in [3.63, 3.8) is 0 Å². The minimum Gasteiger partial charge on any atom is -0.390 e. The lowest BCUT2D eigenvalue weighted by Gasteiger charge is -2.48. The Morgan fingerprint density at radius 2 is 1.62 bits per heavy atom. The standard InChI is InChI=1S/C31H37ClF2N2O5S/c1-2-30(39)17-23-8-9-24(18-30)35(23)29(38)28(37)31(12-13-31)27-5-3-4-26(19-14-21(33)16-22(34)15-19)36(27)42(40,41)25-10-6-20(32)7-11-25/h6-7,10-11,14-16,23-24,26-28,37,39H,2-5,8-9,12-13,17-18H2,1H3/t23?,24?,26-,27+,28?,30?/m0/s1. The van der Waals surface area contributed by atoms with Crippen molar-refractivity contribution in [1.82, 2.24) is 9.21 Å². The van der Waals surface area contributed by atoms with Crippen molar-refractivity contribution in [3.8, 4) is 0 Å². The van der Waals surface area contributed by atoms with Gasteiger partial charge in [-0.3, -0.25) is 4.79 Å². The number of nitrogens with zero attached hydrogens (tertiary/aromatic N) is 2. The maximum absolute atomic E-state index is 14.4. The molecule has 4 fully saturated rings. The molecular formula is C31H37ClF2N2O5S. The molecule has 1 amide bonds. The third-order valence-electron chi connectivity index (χ3n) is 10.3. The Hall–Kier alpha value is -2.11. The van der Waals surface area contributed by atoms with Gasteiger partial charge in [-0.15, -0.1) is 0 Å². The van der Waals surface area contributed by atoms with E-state index in [0.29, 0.717) is 56.4 Å². The highest BCUT2D eigenvalue weighted by molar-refractivity contribution is 7.89. The molecule has 1 aliphatic carbocycles. The Morgan fingerprint density at radius 3 is 2.17 bits per heavy atom. The van der Waals surface area contributed by atoms with Gasteiger partial charge in [0, 0.05) is 34.6 Å². The second-order valence-corrected chi connectivity index (χ2v) is 15.0. The van der Waals surface area contributed by atoms with Crippen LogP contribution in [0.25, 0.3) is 0 Å². The number of piperidine rings is 2. The lowest BCUT2D eigenvalue weighted by molar-refractivity contribution is -0.156. The molecule has 1 saturated carbocycles. The molecule has 0 radical (unpaired) electrons. The average Bonchev–Trinajstić information content (AvgIpc) is 3.71. The van der Waals surface area contributed by atoms with E-state index in [4.69, 9.17) is 11.6 Å². The molecule has 0 aromatic heterocycles. The van der Waals surface area contributed by atoms with E-state index in [-0.39, 0.29) is 22.5 Å². The van der Waals surface area contributed by atoms with Gasteiger partial charge < -0.3 is 15.1 Å². The van der Waals surface area contributed by atoms with E-state index in [0.717, 1.165) is 31.0 Å². The van der Waals surface area contributed by atoms with E-state index in [9.17, 15) is 32.2 Å². The summed E-state index contributed by atoms with van der Waals surface area (Å²) in [4.78, 5) is 15.7. The van der Waals surface area contributed by atoms with Crippen LogP contribution >= 0.6 is 11.6 Å². The summed E-state index contributed by atoms with van der Waals surface area (Å²) in [6.07, 6.45) is 3.76. The Morgan fingerprint density at radius 1 is 1.02 bits per heavy atom.